The Morgan fingerprint density at radius 1 is 1.16 bits per heavy atom. The summed E-state index contributed by atoms with van der Waals surface area (Å²) in [7, 11) is -1.67. The summed E-state index contributed by atoms with van der Waals surface area (Å²) in [6.07, 6.45) is 11.9. The van der Waals surface area contributed by atoms with Crippen LogP contribution in [0.1, 0.15) is 47.0 Å². The average Bonchev–Trinajstić information content (AvgIpc) is 2.25. The number of aldehydes is 1. The molecule has 0 aromatic rings. The van der Waals surface area contributed by atoms with Crippen molar-refractivity contribution in [3.63, 3.8) is 0 Å². The van der Waals surface area contributed by atoms with E-state index in [-0.39, 0.29) is 11.1 Å². The Bertz CT molecular complexity index is 311. The molecule has 0 aromatic carbocycles. The number of hydrogen-bond acceptors (Lipinski definition) is 2. The molecule has 0 bridgehead atoms. The molecule has 0 saturated heterocycles. The third-order valence-corrected chi connectivity index (χ3v) is 8.18. The van der Waals surface area contributed by atoms with Crippen LogP contribution >= 0.6 is 0 Å². The molecule has 2 nitrogen and oxygen atoms in total. The summed E-state index contributed by atoms with van der Waals surface area (Å²) in [5.41, 5.74) is 0. The summed E-state index contributed by atoms with van der Waals surface area (Å²) in [5.74, 6) is 0. The highest BCUT2D eigenvalue weighted by Crippen LogP contribution is 2.37. The molecule has 0 saturated carbocycles. The molecule has 1 atom stereocenters. The summed E-state index contributed by atoms with van der Waals surface area (Å²) in [6, 6.07) is 0. The summed E-state index contributed by atoms with van der Waals surface area (Å²) in [4.78, 5) is 10.1. The van der Waals surface area contributed by atoms with Crippen molar-refractivity contribution >= 4 is 14.6 Å². The number of rotatable bonds is 8. The zero-order valence-corrected chi connectivity index (χ0v) is 14.4. The van der Waals surface area contributed by atoms with E-state index in [9.17, 15) is 4.79 Å². The van der Waals surface area contributed by atoms with Crippen LogP contribution in [0.15, 0.2) is 24.3 Å². The molecule has 0 heterocycles. The highest BCUT2D eigenvalue weighted by Gasteiger charge is 2.37. The molecule has 110 valence electrons. The van der Waals surface area contributed by atoms with Gasteiger partial charge in [0, 0.05) is 6.42 Å². The molecule has 0 rings (SSSR count). The van der Waals surface area contributed by atoms with Crippen LogP contribution in [-0.4, -0.2) is 20.7 Å². The van der Waals surface area contributed by atoms with Gasteiger partial charge in [-0.05, 0) is 37.9 Å². The van der Waals surface area contributed by atoms with Gasteiger partial charge < -0.3 is 9.22 Å². The SMILES string of the molecule is C[C@@H](/C=C/C=C/CCCC=O)O[Si](C)(C)C(C)(C)C. The van der Waals surface area contributed by atoms with E-state index in [0.717, 1.165) is 19.1 Å². The van der Waals surface area contributed by atoms with Crippen molar-refractivity contribution < 1.29 is 9.22 Å². The number of carbonyl (C=O) groups excluding carboxylic acids is 1. The van der Waals surface area contributed by atoms with Crippen molar-refractivity contribution in [1.29, 1.82) is 0 Å². The first-order valence-electron chi connectivity index (χ1n) is 7.15. The highest BCUT2D eigenvalue weighted by atomic mass is 28.4. The highest BCUT2D eigenvalue weighted by molar-refractivity contribution is 6.74. The van der Waals surface area contributed by atoms with Crippen molar-refractivity contribution in [2.45, 2.75) is 71.2 Å². The summed E-state index contributed by atoms with van der Waals surface area (Å²) in [6.45, 7) is 13.4. The molecule has 0 unspecified atom stereocenters. The Hall–Kier alpha value is -0.673. The van der Waals surface area contributed by atoms with Gasteiger partial charge in [-0.25, -0.2) is 0 Å². The van der Waals surface area contributed by atoms with Crippen LogP contribution in [0.2, 0.25) is 18.1 Å². The van der Waals surface area contributed by atoms with Gasteiger partial charge in [-0.2, -0.15) is 0 Å². The van der Waals surface area contributed by atoms with Crippen LogP contribution in [0.4, 0.5) is 0 Å². The summed E-state index contributed by atoms with van der Waals surface area (Å²) in [5, 5.41) is 0.250. The molecule has 0 fully saturated rings. The lowest BCUT2D eigenvalue weighted by Gasteiger charge is -2.37. The molecule has 0 spiro atoms. The minimum atomic E-state index is -1.67. The molecule has 0 aromatic heterocycles. The van der Waals surface area contributed by atoms with Crippen LogP contribution in [0.3, 0.4) is 0 Å². The first kappa shape index (κ1) is 18.3. The Balaban J connectivity index is 4.10. The van der Waals surface area contributed by atoms with Crippen LogP contribution in [0.5, 0.6) is 0 Å². The maximum Gasteiger partial charge on any atom is 0.192 e. The Labute approximate surface area is 120 Å². The van der Waals surface area contributed by atoms with E-state index >= 15 is 0 Å². The van der Waals surface area contributed by atoms with Gasteiger partial charge in [0.15, 0.2) is 8.32 Å². The maximum absolute atomic E-state index is 10.1. The normalized spacial score (nSPS) is 15.3. The predicted octanol–water partition coefficient (Wildman–Crippen LogP) is 4.88. The first-order chi connectivity index (χ1) is 8.70. The lowest BCUT2D eigenvalue weighted by atomic mass is 10.2. The second kappa shape index (κ2) is 8.49. The zero-order valence-electron chi connectivity index (χ0n) is 13.4. The molecule has 0 amide bonds. The molecule has 0 aliphatic rings. The van der Waals surface area contributed by atoms with Gasteiger partial charge in [0.05, 0.1) is 6.10 Å². The molecule has 0 radical (unpaired) electrons. The fourth-order valence-corrected chi connectivity index (χ4v) is 2.76. The number of allylic oxidation sites excluding steroid dienone is 3. The molecular weight excluding hydrogens is 252 g/mol. The summed E-state index contributed by atoms with van der Waals surface area (Å²) >= 11 is 0. The Kier molecular flexibility index (Phi) is 8.19. The molecule has 0 aliphatic heterocycles. The lowest BCUT2D eigenvalue weighted by Crippen LogP contribution is -2.42. The molecule has 3 heteroatoms. The Morgan fingerprint density at radius 2 is 1.79 bits per heavy atom. The zero-order chi connectivity index (χ0) is 14.9. The van der Waals surface area contributed by atoms with E-state index in [1.807, 2.05) is 12.2 Å². The average molecular weight is 283 g/mol. The minimum absolute atomic E-state index is 0.153. The van der Waals surface area contributed by atoms with E-state index in [0.29, 0.717) is 6.42 Å². The predicted molar refractivity (Wildman–Crippen MR) is 85.9 cm³/mol. The number of carbonyl (C=O) groups is 1. The number of unbranched alkanes of at least 4 members (excludes halogenated alkanes) is 2. The van der Waals surface area contributed by atoms with Gasteiger partial charge in [0.1, 0.15) is 6.29 Å². The fourth-order valence-electron chi connectivity index (χ4n) is 1.40. The van der Waals surface area contributed by atoms with Crippen LogP contribution in [0, 0.1) is 0 Å². The van der Waals surface area contributed by atoms with Gasteiger partial charge in [-0.1, -0.05) is 45.1 Å². The van der Waals surface area contributed by atoms with Crippen molar-refractivity contribution in [2.24, 2.45) is 0 Å². The van der Waals surface area contributed by atoms with E-state index in [4.69, 9.17) is 4.43 Å². The van der Waals surface area contributed by atoms with E-state index in [1.54, 1.807) is 0 Å². The molecule has 19 heavy (non-hydrogen) atoms. The maximum atomic E-state index is 10.1. The molecule has 0 aliphatic carbocycles. The first-order valence-corrected chi connectivity index (χ1v) is 10.1. The van der Waals surface area contributed by atoms with Crippen molar-refractivity contribution in [3.8, 4) is 0 Å². The molecule has 0 N–H and O–H groups in total. The second-order valence-corrected chi connectivity index (χ2v) is 11.3. The van der Waals surface area contributed by atoms with Crippen LogP contribution in [0.25, 0.3) is 0 Å². The second-order valence-electron chi connectivity index (χ2n) is 6.49. The van der Waals surface area contributed by atoms with E-state index < -0.39 is 8.32 Å². The van der Waals surface area contributed by atoms with Crippen molar-refractivity contribution in [1.82, 2.24) is 0 Å². The van der Waals surface area contributed by atoms with E-state index in [2.05, 4.69) is 52.9 Å². The quantitative estimate of drug-likeness (QED) is 0.274. The third kappa shape index (κ3) is 8.17. The standard InChI is InChI=1S/C16H30O2Si/c1-15(18-19(5,6)16(2,3)4)13-11-9-7-8-10-12-14-17/h7,9,11,13-15H,8,10,12H2,1-6H3/b9-7+,13-11+/t15-/m0/s1. The van der Waals surface area contributed by atoms with Crippen molar-refractivity contribution in [2.75, 3.05) is 0 Å². The summed E-state index contributed by atoms with van der Waals surface area (Å²) < 4.78 is 6.22. The van der Waals surface area contributed by atoms with Gasteiger partial charge in [0.2, 0.25) is 0 Å². The minimum Gasteiger partial charge on any atom is -0.411 e. The van der Waals surface area contributed by atoms with E-state index in [1.165, 1.54) is 0 Å². The van der Waals surface area contributed by atoms with Crippen molar-refractivity contribution in [3.05, 3.63) is 24.3 Å². The number of hydrogen-bond donors (Lipinski definition) is 0. The monoisotopic (exact) mass is 282 g/mol. The van der Waals surface area contributed by atoms with Gasteiger partial charge in [-0.3, -0.25) is 0 Å². The van der Waals surface area contributed by atoms with Gasteiger partial charge in [0.25, 0.3) is 0 Å². The van der Waals surface area contributed by atoms with Crippen LogP contribution in [-0.2, 0) is 9.22 Å². The third-order valence-electron chi connectivity index (χ3n) is 3.61. The fraction of sp³-hybridized carbons (Fsp3) is 0.688. The Morgan fingerprint density at radius 3 is 2.32 bits per heavy atom. The van der Waals surface area contributed by atoms with Crippen LogP contribution < -0.4 is 0 Å². The topological polar surface area (TPSA) is 26.3 Å². The lowest BCUT2D eigenvalue weighted by molar-refractivity contribution is -0.107. The van der Waals surface area contributed by atoms with Gasteiger partial charge in [-0.15, -0.1) is 0 Å². The molecular formula is C16H30O2Si. The smallest absolute Gasteiger partial charge is 0.192 e. The largest absolute Gasteiger partial charge is 0.411 e. The van der Waals surface area contributed by atoms with Gasteiger partial charge >= 0.3 is 0 Å².